The van der Waals surface area contributed by atoms with Crippen LogP contribution in [0.1, 0.15) is 10.4 Å². The van der Waals surface area contributed by atoms with E-state index in [9.17, 15) is 4.79 Å². The number of nitrogens with zero attached hydrogens (tertiary/aromatic N) is 1. The van der Waals surface area contributed by atoms with Gasteiger partial charge in [-0.05, 0) is 23.1 Å². The standard InChI is InChI=1S/C10H7NO2S/c12-10(13)9-6-14-5-8(9)7-1-3-11-4-2-7/h1-6H,(H,12,13). The molecule has 2 aromatic heterocycles. The molecule has 0 radical (unpaired) electrons. The zero-order chi connectivity index (χ0) is 9.97. The van der Waals surface area contributed by atoms with Gasteiger partial charge >= 0.3 is 5.97 Å². The van der Waals surface area contributed by atoms with E-state index in [0.717, 1.165) is 11.1 Å². The second-order valence-electron chi connectivity index (χ2n) is 2.74. The highest BCUT2D eigenvalue weighted by Crippen LogP contribution is 2.26. The van der Waals surface area contributed by atoms with E-state index in [1.807, 2.05) is 5.38 Å². The molecule has 2 heterocycles. The van der Waals surface area contributed by atoms with E-state index in [4.69, 9.17) is 5.11 Å². The van der Waals surface area contributed by atoms with Crippen LogP contribution in [0, 0.1) is 0 Å². The van der Waals surface area contributed by atoms with Gasteiger partial charge in [-0.3, -0.25) is 4.98 Å². The lowest BCUT2D eigenvalue weighted by Gasteiger charge is -1.98. The molecule has 0 aromatic carbocycles. The summed E-state index contributed by atoms with van der Waals surface area (Å²) in [4.78, 5) is 14.7. The largest absolute Gasteiger partial charge is 0.478 e. The van der Waals surface area contributed by atoms with Gasteiger partial charge in [0.25, 0.3) is 0 Å². The summed E-state index contributed by atoms with van der Waals surface area (Å²) in [6.45, 7) is 0. The maximum absolute atomic E-state index is 10.8. The van der Waals surface area contributed by atoms with Crippen molar-refractivity contribution in [2.45, 2.75) is 0 Å². The number of hydrogen-bond acceptors (Lipinski definition) is 3. The van der Waals surface area contributed by atoms with Crippen LogP contribution in [-0.2, 0) is 0 Å². The number of thiophene rings is 1. The maximum Gasteiger partial charge on any atom is 0.337 e. The molecule has 0 saturated heterocycles. The minimum absolute atomic E-state index is 0.348. The van der Waals surface area contributed by atoms with Gasteiger partial charge in [0, 0.05) is 23.3 Å². The van der Waals surface area contributed by atoms with Crippen molar-refractivity contribution >= 4 is 17.3 Å². The molecule has 0 spiro atoms. The lowest BCUT2D eigenvalue weighted by Crippen LogP contribution is -1.95. The Hall–Kier alpha value is -1.68. The van der Waals surface area contributed by atoms with Crippen LogP contribution in [0.2, 0.25) is 0 Å². The third-order valence-corrected chi connectivity index (χ3v) is 2.63. The highest BCUT2D eigenvalue weighted by molar-refractivity contribution is 7.08. The first kappa shape index (κ1) is 8.90. The second kappa shape index (κ2) is 3.59. The van der Waals surface area contributed by atoms with Gasteiger partial charge in [-0.1, -0.05) is 0 Å². The van der Waals surface area contributed by atoms with Crippen molar-refractivity contribution in [1.82, 2.24) is 4.98 Å². The van der Waals surface area contributed by atoms with Crippen LogP contribution in [0.3, 0.4) is 0 Å². The summed E-state index contributed by atoms with van der Waals surface area (Å²) in [6, 6.07) is 3.60. The van der Waals surface area contributed by atoms with Crippen molar-refractivity contribution in [3.63, 3.8) is 0 Å². The van der Waals surface area contributed by atoms with Gasteiger partial charge < -0.3 is 5.11 Å². The Balaban J connectivity index is 2.52. The number of aromatic nitrogens is 1. The Morgan fingerprint density at radius 1 is 1.29 bits per heavy atom. The van der Waals surface area contributed by atoms with Gasteiger partial charge in [0.2, 0.25) is 0 Å². The van der Waals surface area contributed by atoms with Crippen LogP contribution in [-0.4, -0.2) is 16.1 Å². The van der Waals surface area contributed by atoms with Crippen molar-refractivity contribution in [1.29, 1.82) is 0 Å². The average Bonchev–Trinajstić information content (AvgIpc) is 2.67. The first-order valence-corrected chi connectivity index (χ1v) is 4.93. The zero-order valence-electron chi connectivity index (χ0n) is 7.18. The Bertz CT molecular complexity index is 450. The van der Waals surface area contributed by atoms with E-state index in [0.29, 0.717) is 5.56 Å². The molecule has 0 atom stereocenters. The third-order valence-electron chi connectivity index (χ3n) is 1.88. The minimum Gasteiger partial charge on any atom is -0.478 e. The van der Waals surface area contributed by atoms with Crippen LogP contribution in [0.5, 0.6) is 0 Å². The third kappa shape index (κ3) is 1.52. The van der Waals surface area contributed by atoms with Crippen LogP contribution in [0.15, 0.2) is 35.3 Å². The summed E-state index contributed by atoms with van der Waals surface area (Å²) in [7, 11) is 0. The predicted molar refractivity (Wildman–Crippen MR) is 54.5 cm³/mol. The topological polar surface area (TPSA) is 50.2 Å². The number of aromatic carboxylic acids is 1. The molecular weight excluding hydrogens is 198 g/mol. The summed E-state index contributed by atoms with van der Waals surface area (Å²) < 4.78 is 0. The smallest absolute Gasteiger partial charge is 0.337 e. The lowest BCUT2D eigenvalue weighted by molar-refractivity contribution is 0.0698. The molecular formula is C10H7NO2S. The fraction of sp³-hybridized carbons (Fsp3) is 0. The summed E-state index contributed by atoms with van der Waals surface area (Å²) in [6.07, 6.45) is 3.30. The van der Waals surface area contributed by atoms with Crippen molar-refractivity contribution in [2.75, 3.05) is 0 Å². The fourth-order valence-electron chi connectivity index (χ4n) is 1.22. The highest BCUT2D eigenvalue weighted by atomic mass is 32.1. The van der Waals surface area contributed by atoms with Gasteiger partial charge in [0.1, 0.15) is 0 Å². The van der Waals surface area contributed by atoms with E-state index < -0.39 is 5.97 Å². The summed E-state index contributed by atoms with van der Waals surface area (Å²) in [5, 5.41) is 12.4. The first-order valence-electron chi connectivity index (χ1n) is 3.99. The molecule has 0 saturated carbocycles. The quantitative estimate of drug-likeness (QED) is 0.819. The molecule has 14 heavy (non-hydrogen) atoms. The Kier molecular flexibility index (Phi) is 2.28. The van der Waals surface area contributed by atoms with Crippen LogP contribution >= 0.6 is 11.3 Å². The van der Waals surface area contributed by atoms with Gasteiger partial charge in [-0.25, -0.2) is 4.79 Å². The average molecular weight is 205 g/mol. The molecule has 0 amide bonds. The minimum atomic E-state index is -0.891. The van der Waals surface area contributed by atoms with Gasteiger partial charge in [-0.2, -0.15) is 11.3 Å². The molecule has 0 fully saturated rings. The van der Waals surface area contributed by atoms with E-state index in [-0.39, 0.29) is 0 Å². The number of carboxylic acid groups (broad SMARTS) is 1. The molecule has 70 valence electrons. The molecule has 0 bridgehead atoms. The Morgan fingerprint density at radius 3 is 2.64 bits per heavy atom. The molecule has 2 rings (SSSR count). The fourth-order valence-corrected chi connectivity index (χ4v) is 2.05. The van der Waals surface area contributed by atoms with Crippen molar-refractivity contribution < 1.29 is 9.90 Å². The number of pyridine rings is 1. The SMILES string of the molecule is O=C(O)c1cscc1-c1ccncc1. The maximum atomic E-state index is 10.8. The van der Waals surface area contributed by atoms with Gasteiger partial charge in [0.05, 0.1) is 5.56 Å². The van der Waals surface area contributed by atoms with Crippen LogP contribution < -0.4 is 0 Å². The number of carboxylic acids is 1. The summed E-state index contributed by atoms with van der Waals surface area (Å²) in [5.74, 6) is -0.891. The Labute approximate surface area is 84.7 Å². The van der Waals surface area contributed by atoms with Crippen LogP contribution in [0.4, 0.5) is 0 Å². The molecule has 3 nitrogen and oxygen atoms in total. The molecule has 1 N–H and O–H groups in total. The van der Waals surface area contributed by atoms with E-state index in [1.54, 1.807) is 29.9 Å². The number of rotatable bonds is 2. The summed E-state index contributed by atoms with van der Waals surface area (Å²) >= 11 is 1.39. The molecule has 4 heteroatoms. The number of hydrogen-bond donors (Lipinski definition) is 1. The normalized spacial score (nSPS) is 10.0. The summed E-state index contributed by atoms with van der Waals surface area (Å²) in [5.41, 5.74) is 1.99. The van der Waals surface area contributed by atoms with E-state index in [1.165, 1.54) is 11.3 Å². The van der Waals surface area contributed by atoms with Gasteiger partial charge in [-0.15, -0.1) is 0 Å². The molecule has 2 aromatic rings. The highest BCUT2D eigenvalue weighted by Gasteiger charge is 2.11. The van der Waals surface area contributed by atoms with E-state index >= 15 is 0 Å². The number of carbonyl (C=O) groups is 1. The van der Waals surface area contributed by atoms with Crippen molar-refractivity contribution in [3.8, 4) is 11.1 Å². The molecule has 0 aliphatic carbocycles. The molecule has 0 aliphatic rings. The lowest BCUT2D eigenvalue weighted by atomic mass is 10.1. The van der Waals surface area contributed by atoms with E-state index in [2.05, 4.69) is 4.98 Å². The second-order valence-corrected chi connectivity index (χ2v) is 3.48. The molecule has 0 unspecified atom stereocenters. The van der Waals surface area contributed by atoms with Crippen LogP contribution in [0.25, 0.3) is 11.1 Å². The molecule has 0 aliphatic heterocycles. The van der Waals surface area contributed by atoms with Crippen molar-refractivity contribution in [2.24, 2.45) is 0 Å². The predicted octanol–water partition coefficient (Wildman–Crippen LogP) is 2.51. The van der Waals surface area contributed by atoms with Gasteiger partial charge in [0.15, 0.2) is 0 Å². The first-order chi connectivity index (χ1) is 6.79. The van der Waals surface area contributed by atoms with Crippen molar-refractivity contribution in [3.05, 3.63) is 40.8 Å². The Morgan fingerprint density at radius 2 is 2.00 bits per heavy atom. The zero-order valence-corrected chi connectivity index (χ0v) is 7.99. The monoisotopic (exact) mass is 205 g/mol.